The molecule has 0 radical (unpaired) electrons. The third-order valence-corrected chi connectivity index (χ3v) is 5.69. The quantitative estimate of drug-likeness (QED) is 0.442. The Balaban J connectivity index is 2.01. The molecule has 36 heavy (non-hydrogen) atoms. The normalized spacial score (nSPS) is 10.7. The molecule has 3 N–H and O–H groups in total. The molecule has 8 nitrogen and oxygen atoms in total. The van der Waals surface area contributed by atoms with Gasteiger partial charge in [0.1, 0.15) is 40.0 Å². The first-order valence-electron chi connectivity index (χ1n) is 10.1. The Labute approximate surface area is 208 Å². The smallest absolute Gasteiger partial charge is 0.422 e. The lowest BCUT2D eigenvalue weighted by Crippen LogP contribution is -2.19. The summed E-state index contributed by atoms with van der Waals surface area (Å²) in [6.45, 7) is 2.53. The second-order valence-corrected chi connectivity index (χ2v) is 8.20. The second-order valence-electron chi connectivity index (χ2n) is 7.11. The summed E-state index contributed by atoms with van der Waals surface area (Å²) >= 11 is 1.01. The van der Waals surface area contributed by atoms with Crippen molar-refractivity contribution in [2.24, 2.45) is 0 Å². The Morgan fingerprint density at radius 3 is 2.44 bits per heavy atom. The number of nitrogens with two attached hydrogens (primary N) is 1. The molecule has 3 rings (SSSR count). The molecule has 0 aliphatic carbocycles. The number of carbonyl (C=O) groups excluding carboxylic acids is 1. The van der Waals surface area contributed by atoms with E-state index >= 15 is 0 Å². The van der Waals surface area contributed by atoms with E-state index in [2.05, 4.69) is 21.9 Å². The fraction of sp³-hybridized carbons (Fsp3) is 0.125. The first-order valence-corrected chi connectivity index (χ1v) is 10.9. The highest BCUT2D eigenvalue weighted by Gasteiger charge is 2.28. The van der Waals surface area contributed by atoms with Gasteiger partial charge in [-0.15, -0.1) is 0 Å². The maximum absolute atomic E-state index is 12.4. The van der Waals surface area contributed by atoms with Crippen LogP contribution in [-0.4, -0.2) is 35.7 Å². The molecule has 12 heteroatoms. The molecule has 0 atom stereocenters. The van der Waals surface area contributed by atoms with Gasteiger partial charge in [-0.25, -0.2) is 4.98 Å². The monoisotopic (exact) mass is 510 g/mol. The minimum atomic E-state index is -4.50. The van der Waals surface area contributed by atoms with E-state index in [9.17, 15) is 28.5 Å². The lowest BCUT2D eigenvalue weighted by atomic mass is 9.97. The fourth-order valence-corrected chi connectivity index (χ4v) is 3.95. The number of anilines is 1. The number of amides is 1. The predicted molar refractivity (Wildman–Crippen MR) is 128 cm³/mol. The van der Waals surface area contributed by atoms with Gasteiger partial charge in [0.2, 0.25) is 0 Å². The number of hydrogen-bond acceptors (Lipinski definition) is 8. The zero-order valence-corrected chi connectivity index (χ0v) is 19.5. The Kier molecular flexibility index (Phi) is 7.82. The Hall–Kier alpha value is -4.55. The number of alkyl halides is 3. The molecule has 0 bridgehead atoms. The largest absolute Gasteiger partial charge is 0.484 e. The van der Waals surface area contributed by atoms with Crippen LogP contribution in [0.15, 0.2) is 54.2 Å². The van der Waals surface area contributed by atoms with Crippen molar-refractivity contribution in [3.63, 3.8) is 0 Å². The van der Waals surface area contributed by atoms with E-state index in [0.717, 1.165) is 11.8 Å². The number of thioether (sulfide) groups is 1. The zero-order valence-electron chi connectivity index (χ0n) is 18.7. The number of hydrogen-bond donors (Lipinski definition) is 2. The van der Waals surface area contributed by atoms with E-state index in [4.69, 9.17) is 10.5 Å². The van der Waals surface area contributed by atoms with Crippen LogP contribution in [0.5, 0.6) is 5.75 Å². The van der Waals surface area contributed by atoms with Crippen molar-refractivity contribution >= 4 is 28.4 Å². The number of aromatic nitrogens is 2. The number of halogens is 3. The number of nitriles is 2. The van der Waals surface area contributed by atoms with Crippen LogP contribution in [0.1, 0.15) is 27.2 Å². The number of carbonyl (C=O) groups is 1. The molecule has 0 fully saturated rings. The minimum Gasteiger partial charge on any atom is -0.484 e. The number of pyridine rings is 2. The SMILES string of the molecule is C=C(Sc1nc(N)c(C#N)c(-c2ccc(OCC(F)(F)F)cc2)c1C#N)c1ccnc(C(=O)NC)c1. The summed E-state index contributed by atoms with van der Waals surface area (Å²) in [4.78, 5) is 20.5. The van der Waals surface area contributed by atoms with Crippen molar-refractivity contribution in [3.05, 3.63) is 71.6 Å². The number of nitrogens with one attached hydrogen (secondary N) is 1. The van der Waals surface area contributed by atoms with Crippen molar-refractivity contribution in [2.75, 3.05) is 19.4 Å². The van der Waals surface area contributed by atoms with Crippen molar-refractivity contribution < 1.29 is 22.7 Å². The molecule has 3 aromatic rings. The van der Waals surface area contributed by atoms with Crippen molar-refractivity contribution in [2.45, 2.75) is 11.2 Å². The van der Waals surface area contributed by atoms with Gasteiger partial charge in [-0.1, -0.05) is 30.5 Å². The van der Waals surface area contributed by atoms with Gasteiger partial charge in [0.15, 0.2) is 6.61 Å². The molecular formula is C24H17F3N6O2S. The van der Waals surface area contributed by atoms with Gasteiger partial charge < -0.3 is 15.8 Å². The summed E-state index contributed by atoms with van der Waals surface area (Å²) in [6.07, 6.45) is -3.06. The Morgan fingerprint density at radius 1 is 1.19 bits per heavy atom. The summed E-state index contributed by atoms with van der Waals surface area (Å²) in [6, 6.07) is 12.5. The molecule has 0 saturated heterocycles. The average molecular weight is 511 g/mol. The van der Waals surface area contributed by atoms with Crippen molar-refractivity contribution in [3.8, 4) is 29.0 Å². The number of rotatable bonds is 7. The highest BCUT2D eigenvalue weighted by Crippen LogP contribution is 2.40. The van der Waals surface area contributed by atoms with Crippen molar-refractivity contribution in [1.29, 1.82) is 10.5 Å². The van der Waals surface area contributed by atoms with Crippen LogP contribution >= 0.6 is 11.8 Å². The van der Waals surface area contributed by atoms with Crippen LogP contribution in [0, 0.1) is 22.7 Å². The van der Waals surface area contributed by atoms with Gasteiger partial charge in [-0.2, -0.15) is 23.7 Å². The molecule has 1 amide bonds. The van der Waals surface area contributed by atoms with E-state index in [1.54, 1.807) is 6.07 Å². The molecule has 0 spiro atoms. The van der Waals surface area contributed by atoms with E-state index in [0.29, 0.717) is 16.0 Å². The molecule has 2 aromatic heterocycles. The molecule has 0 aliphatic heterocycles. The van der Waals surface area contributed by atoms with Crippen LogP contribution in [0.25, 0.3) is 16.0 Å². The third kappa shape index (κ3) is 5.92. The topological polar surface area (TPSA) is 138 Å². The molecule has 0 unspecified atom stereocenters. The molecule has 2 heterocycles. The van der Waals surface area contributed by atoms with E-state index in [1.807, 2.05) is 12.1 Å². The van der Waals surface area contributed by atoms with E-state index < -0.39 is 18.7 Å². The maximum Gasteiger partial charge on any atom is 0.422 e. The molecular weight excluding hydrogens is 493 g/mol. The molecule has 0 saturated carbocycles. The third-order valence-electron chi connectivity index (χ3n) is 4.72. The van der Waals surface area contributed by atoms with Gasteiger partial charge in [-0.05, 0) is 35.4 Å². The molecule has 182 valence electrons. The molecule has 0 aliphatic rings. The Morgan fingerprint density at radius 2 is 1.86 bits per heavy atom. The van der Waals surface area contributed by atoms with E-state index in [-0.39, 0.29) is 39.0 Å². The molecule has 1 aromatic carbocycles. The number of benzene rings is 1. The van der Waals surface area contributed by atoms with Gasteiger partial charge in [-0.3, -0.25) is 9.78 Å². The first-order chi connectivity index (χ1) is 17.1. The fourth-order valence-electron chi connectivity index (χ4n) is 3.08. The van der Waals surface area contributed by atoms with Gasteiger partial charge in [0.25, 0.3) is 5.91 Å². The average Bonchev–Trinajstić information content (AvgIpc) is 2.86. The lowest BCUT2D eigenvalue weighted by molar-refractivity contribution is -0.153. The van der Waals surface area contributed by atoms with Gasteiger partial charge >= 0.3 is 6.18 Å². The predicted octanol–water partition coefficient (Wildman–Crippen LogP) is 4.53. The number of nitrogen functional groups attached to an aromatic ring is 1. The van der Waals surface area contributed by atoms with Crippen LogP contribution in [0.4, 0.5) is 19.0 Å². The Bertz CT molecular complexity index is 1410. The van der Waals surface area contributed by atoms with Crippen LogP contribution in [0.2, 0.25) is 0 Å². The lowest BCUT2D eigenvalue weighted by Gasteiger charge is -2.15. The highest BCUT2D eigenvalue weighted by molar-refractivity contribution is 8.08. The van der Waals surface area contributed by atoms with Crippen LogP contribution in [-0.2, 0) is 0 Å². The number of nitrogens with zero attached hydrogens (tertiary/aromatic N) is 4. The maximum atomic E-state index is 12.4. The summed E-state index contributed by atoms with van der Waals surface area (Å²) in [5.74, 6) is -0.569. The first kappa shape index (κ1) is 26.1. The van der Waals surface area contributed by atoms with Gasteiger partial charge in [0, 0.05) is 23.7 Å². The summed E-state index contributed by atoms with van der Waals surface area (Å²) in [5.41, 5.74) is 7.23. The van der Waals surface area contributed by atoms with E-state index in [1.165, 1.54) is 43.6 Å². The zero-order chi connectivity index (χ0) is 26.5. The van der Waals surface area contributed by atoms with Crippen molar-refractivity contribution in [1.82, 2.24) is 15.3 Å². The minimum absolute atomic E-state index is 0.0245. The van der Waals surface area contributed by atoms with Gasteiger partial charge in [0.05, 0.1) is 5.56 Å². The van der Waals surface area contributed by atoms with Crippen LogP contribution in [0.3, 0.4) is 0 Å². The summed E-state index contributed by atoms with van der Waals surface area (Å²) in [5, 5.41) is 22.2. The summed E-state index contributed by atoms with van der Waals surface area (Å²) in [7, 11) is 1.47. The summed E-state index contributed by atoms with van der Waals surface area (Å²) < 4.78 is 42.0. The highest BCUT2D eigenvalue weighted by atomic mass is 32.2. The second kappa shape index (κ2) is 10.8. The van der Waals surface area contributed by atoms with Crippen LogP contribution < -0.4 is 15.8 Å². The standard InChI is InChI=1S/C24H17F3N6O2S/c1-13(15-7-8-32-19(9-15)22(34)31-2)36-23-18(11-29)20(17(10-28)21(30)33-23)14-3-5-16(6-4-14)35-12-24(25,26)27/h3-9H,1,12H2,2H3,(H2,30,33)(H,31,34). The number of ether oxygens (including phenoxy) is 1.